The second kappa shape index (κ2) is 6.82. The lowest BCUT2D eigenvalue weighted by atomic mass is 10.3. The van der Waals surface area contributed by atoms with E-state index in [1.165, 1.54) is 0 Å². The predicted molar refractivity (Wildman–Crippen MR) is 86.4 cm³/mol. The summed E-state index contributed by atoms with van der Waals surface area (Å²) in [5.74, 6) is 0.711. The van der Waals surface area contributed by atoms with Crippen LogP contribution in [-0.2, 0) is 6.42 Å². The summed E-state index contributed by atoms with van der Waals surface area (Å²) in [7, 11) is 0. The topological polar surface area (TPSA) is 68.0 Å². The van der Waals surface area contributed by atoms with Gasteiger partial charge >= 0.3 is 0 Å². The first-order valence-corrected chi connectivity index (χ1v) is 7.06. The maximum absolute atomic E-state index is 5.91. The van der Waals surface area contributed by atoms with Gasteiger partial charge in [-0.3, -0.25) is 5.43 Å². The normalized spacial score (nSPS) is 11.0. The van der Waals surface area contributed by atoms with Crippen molar-refractivity contribution in [2.24, 2.45) is 5.10 Å². The van der Waals surface area contributed by atoms with Crippen molar-refractivity contribution in [3.05, 3.63) is 65.4 Å². The number of anilines is 1. The SMILES string of the molecule is Clc1cccc(N/N=C\Cc2nnnn2-c2ccccc2)c1. The molecule has 0 radical (unpaired) electrons. The summed E-state index contributed by atoms with van der Waals surface area (Å²) < 4.78 is 1.69. The molecule has 0 aliphatic carbocycles. The third-order valence-corrected chi connectivity index (χ3v) is 3.15. The average Bonchev–Trinajstić information content (AvgIpc) is 3.01. The summed E-state index contributed by atoms with van der Waals surface area (Å²) in [6.45, 7) is 0. The number of tetrazole rings is 1. The fraction of sp³-hybridized carbons (Fsp3) is 0.0667. The molecule has 0 aliphatic heterocycles. The third-order valence-electron chi connectivity index (χ3n) is 2.92. The Labute approximate surface area is 132 Å². The molecule has 3 aromatic rings. The second-order valence-electron chi connectivity index (χ2n) is 4.48. The number of benzene rings is 2. The molecule has 0 unspecified atom stereocenters. The van der Waals surface area contributed by atoms with Crippen molar-refractivity contribution in [3.63, 3.8) is 0 Å². The summed E-state index contributed by atoms with van der Waals surface area (Å²) >= 11 is 5.91. The van der Waals surface area contributed by atoms with Gasteiger partial charge in [0.05, 0.1) is 11.4 Å². The van der Waals surface area contributed by atoms with Crippen LogP contribution >= 0.6 is 11.6 Å². The van der Waals surface area contributed by atoms with Gasteiger partial charge in [0.25, 0.3) is 0 Å². The number of para-hydroxylation sites is 1. The van der Waals surface area contributed by atoms with Crippen molar-refractivity contribution in [1.82, 2.24) is 20.2 Å². The number of hydrogen-bond donors (Lipinski definition) is 1. The summed E-state index contributed by atoms with van der Waals surface area (Å²) in [4.78, 5) is 0. The largest absolute Gasteiger partial charge is 0.279 e. The minimum Gasteiger partial charge on any atom is -0.279 e. The minimum atomic E-state index is 0.509. The van der Waals surface area contributed by atoms with Crippen molar-refractivity contribution < 1.29 is 0 Å². The zero-order chi connectivity index (χ0) is 15.2. The number of nitrogens with one attached hydrogen (secondary N) is 1. The lowest BCUT2D eigenvalue weighted by Gasteiger charge is -2.02. The minimum absolute atomic E-state index is 0.509. The van der Waals surface area contributed by atoms with Crippen LogP contribution in [0.25, 0.3) is 5.69 Å². The first-order valence-electron chi connectivity index (χ1n) is 6.69. The van der Waals surface area contributed by atoms with Gasteiger partial charge in [-0.15, -0.1) is 5.10 Å². The van der Waals surface area contributed by atoms with Crippen LogP contribution in [0.15, 0.2) is 59.7 Å². The molecule has 1 heterocycles. The highest BCUT2D eigenvalue weighted by molar-refractivity contribution is 6.30. The van der Waals surface area contributed by atoms with Crippen molar-refractivity contribution >= 4 is 23.5 Å². The summed E-state index contributed by atoms with van der Waals surface area (Å²) in [5.41, 5.74) is 4.66. The molecule has 0 fully saturated rings. The zero-order valence-electron chi connectivity index (χ0n) is 11.6. The van der Waals surface area contributed by atoms with Gasteiger partial charge in [0, 0.05) is 17.7 Å². The number of nitrogens with zero attached hydrogens (tertiary/aromatic N) is 5. The molecule has 6 nitrogen and oxygen atoms in total. The fourth-order valence-electron chi connectivity index (χ4n) is 1.91. The van der Waals surface area contributed by atoms with Crippen LogP contribution in [0, 0.1) is 0 Å². The first kappa shape index (κ1) is 14.2. The molecular weight excluding hydrogens is 300 g/mol. The van der Waals surface area contributed by atoms with E-state index >= 15 is 0 Å². The van der Waals surface area contributed by atoms with Crippen LogP contribution in [0.3, 0.4) is 0 Å². The zero-order valence-corrected chi connectivity index (χ0v) is 12.4. The Morgan fingerprint density at radius 3 is 2.82 bits per heavy atom. The molecular formula is C15H13ClN6. The quantitative estimate of drug-likeness (QED) is 0.581. The fourth-order valence-corrected chi connectivity index (χ4v) is 2.10. The molecule has 0 saturated carbocycles. The lowest BCUT2D eigenvalue weighted by Crippen LogP contribution is -2.04. The Morgan fingerprint density at radius 1 is 1.14 bits per heavy atom. The van der Waals surface area contributed by atoms with Gasteiger partial charge in [0.1, 0.15) is 0 Å². The Morgan fingerprint density at radius 2 is 2.00 bits per heavy atom. The molecule has 0 spiro atoms. The van der Waals surface area contributed by atoms with Gasteiger partial charge in [-0.1, -0.05) is 35.9 Å². The number of rotatable bonds is 5. The van der Waals surface area contributed by atoms with E-state index in [1.807, 2.05) is 48.5 Å². The highest BCUT2D eigenvalue weighted by Gasteiger charge is 2.05. The van der Waals surface area contributed by atoms with Gasteiger partial charge in [0.2, 0.25) is 0 Å². The smallest absolute Gasteiger partial charge is 0.162 e. The molecule has 0 amide bonds. The Kier molecular flexibility index (Phi) is 4.41. The number of aromatic nitrogens is 4. The van der Waals surface area contributed by atoms with Crippen LogP contribution in [0.5, 0.6) is 0 Å². The maximum Gasteiger partial charge on any atom is 0.162 e. The maximum atomic E-state index is 5.91. The molecule has 0 aliphatic rings. The monoisotopic (exact) mass is 312 g/mol. The standard InChI is InChI=1S/C15H13ClN6/c16-12-5-4-6-13(11-12)18-17-10-9-15-19-20-21-22(15)14-7-2-1-3-8-14/h1-8,10-11,18H,9H2/b17-10-. The Balaban J connectivity index is 1.65. The van der Waals surface area contributed by atoms with Crippen LogP contribution in [-0.4, -0.2) is 26.4 Å². The highest BCUT2D eigenvalue weighted by atomic mass is 35.5. The van der Waals surface area contributed by atoms with Crippen molar-refractivity contribution in [3.8, 4) is 5.69 Å². The average molecular weight is 313 g/mol. The molecule has 3 rings (SSSR count). The van der Waals surface area contributed by atoms with Crippen LogP contribution in [0.2, 0.25) is 5.02 Å². The molecule has 1 aromatic heterocycles. The number of hydrazone groups is 1. The van der Waals surface area contributed by atoms with E-state index in [0.29, 0.717) is 17.3 Å². The number of hydrogen-bond acceptors (Lipinski definition) is 5. The van der Waals surface area contributed by atoms with E-state index in [2.05, 4.69) is 26.1 Å². The van der Waals surface area contributed by atoms with Crippen molar-refractivity contribution in [2.45, 2.75) is 6.42 Å². The summed E-state index contributed by atoms with van der Waals surface area (Å²) in [6.07, 6.45) is 2.22. The van der Waals surface area contributed by atoms with Crippen molar-refractivity contribution in [2.75, 3.05) is 5.43 Å². The van der Waals surface area contributed by atoms with E-state index in [0.717, 1.165) is 11.4 Å². The molecule has 1 N–H and O–H groups in total. The molecule has 110 valence electrons. The highest BCUT2D eigenvalue weighted by Crippen LogP contribution is 2.14. The van der Waals surface area contributed by atoms with Gasteiger partial charge in [-0.2, -0.15) is 9.78 Å². The van der Waals surface area contributed by atoms with Crippen LogP contribution in [0.4, 0.5) is 5.69 Å². The van der Waals surface area contributed by atoms with E-state index < -0.39 is 0 Å². The Hall–Kier alpha value is -2.73. The second-order valence-corrected chi connectivity index (χ2v) is 4.92. The van der Waals surface area contributed by atoms with E-state index in [9.17, 15) is 0 Å². The van der Waals surface area contributed by atoms with E-state index in [-0.39, 0.29) is 0 Å². The molecule has 7 heteroatoms. The molecule has 22 heavy (non-hydrogen) atoms. The molecule has 0 saturated heterocycles. The number of halogens is 1. The molecule has 0 bridgehead atoms. The van der Waals surface area contributed by atoms with Gasteiger partial charge in [0.15, 0.2) is 5.82 Å². The summed E-state index contributed by atoms with van der Waals surface area (Å²) in [6, 6.07) is 17.1. The molecule has 0 atom stereocenters. The van der Waals surface area contributed by atoms with Crippen molar-refractivity contribution in [1.29, 1.82) is 0 Å². The predicted octanol–water partition coefficient (Wildman–Crippen LogP) is 2.96. The van der Waals surface area contributed by atoms with E-state index in [4.69, 9.17) is 11.6 Å². The van der Waals surface area contributed by atoms with Gasteiger partial charge in [-0.05, 0) is 40.8 Å². The van der Waals surface area contributed by atoms with E-state index in [1.54, 1.807) is 17.0 Å². The molecule has 2 aromatic carbocycles. The van der Waals surface area contributed by atoms with Crippen LogP contribution in [0.1, 0.15) is 5.82 Å². The Bertz CT molecular complexity index is 768. The summed E-state index contributed by atoms with van der Waals surface area (Å²) in [5, 5.41) is 16.5. The third kappa shape index (κ3) is 3.48. The van der Waals surface area contributed by atoms with Gasteiger partial charge in [-0.25, -0.2) is 0 Å². The van der Waals surface area contributed by atoms with Crippen LogP contribution < -0.4 is 5.43 Å². The lowest BCUT2D eigenvalue weighted by molar-refractivity contribution is 0.776. The van der Waals surface area contributed by atoms with Gasteiger partial charge < -0.3 is 0 Å². The first-order chi connectivity index (χ1) is 10.8.